The van der Waals surface area contributed by atoms with Crippen molar-refractivity contribution in [1.29, 1.82) is 5.26 Å². The number of rotatable bonds is 6. The van der Waals surface area contributed by atoms with Gasteiger partial charge in [-0.25, -0.2) is 13.4 Å². The fourth-order valence-corrected chi connectivity index (χ4v) is 3.98. The summed E-state index contributed by atoms with van der Waals surface area (Å²) in [6.45, 7) is 0.787. The zero-order valence-corrected chi connectivity index (χ0v) is 13.0. The molecule has 0 bridgehead atoms. The van der Waals surface area contributed by atoms with Crippen molar-refractivity contribution in [2.24, 2.45) is 0 Å². The molecule has 0 aromatic carbocycles. The fraction of sp³-hybridized carbons (Fsp3) is 0.231. The molecule has 0 saturated heterocycles. The van der Waals surface area contributed by atoms with Gasteiger partial charge in [-0.2, -0.15) is 9.57 Å². The van der Waals surface area contributed by atoms with Crippen LogP contribution in [0.5, 0.6) is 0 Å². The van der Waals surface area contributed by atoms with Crippen molar-refractivity contribution in [1.82, 2.24) is 9.29 Å². The highest BCUT2D eigenvalue weighted by molar-refractivity contribution is 7.91. The van der Waals surface area contributed by atoms with Gasteiger partial charge in [0.1, 0.15) is 16.0 Å². The average Bonchev–Trinajstić information content (AvgIpc) is 3.02. The van der Waals surface area contributed by atoms with Crippen LogP contribution in [0.15, 0.2) is 40.1 Å². The van der Waals surface area contributed by atoms with E-state index in [4.69, 9.17) is 5.26 Å². The third kappa shape index (κ3) is 3.78. The first kappa shape index (κ1) is 15.4. The molecule has 1 N–H and O–H groups in total. The summed E-state index contributed by atoms with van der Waals surface area (Å²) in [5.74, 6) is 0. The summed E-state index contributed by atoms with van der Waals surface area (Å²) >= 11 is 1.20. The molecular formula is C13H14N4O2S2. The Morgan fingerprint density at radius 2 is 2.24 bits per heavy atom. The normalized spacial score (nSPS) is 11.3. The second-order valence-corrected chi connectivity index (χ2v) is 7.45. The Morgan fingerprint density at radius 1 is 1.43 bits per heavy atom. The van der Waals surface area contributed by atoms with E-state index in [0.717, 1.165) is 5.69 Å². The molecule has 0 atom stereocenters. The lowest BCUT2D eigenvalue weighted by Gasteiger charge is -2.16. The van der Waals surface area contributed by atoms with Gasteiger partial charge in [-0.3, -0.25) is 0 Å². The van der Waals surface area contributed by atoms with Gasteiger partial charge in [-0.1, -0.05) is 6.07 Å². The van der Waals surface area contributed by atoms with Gasteiger partial charge >= 0.3 is 0 Å². The molecule has 2 aromatic heterocycles. The maximum absolute atomic E-state index is 12.2. The molecule has 0 aliphatic rings. The summed E-state index contributed by atoms with van der Waals surface area (Å²) < 4.78 is 26.0. The minimum Gasteiger partial charge on any atom is -0.382 e. The van der Waals surface area contributed by atoms with E-state index in [2.05, 4.69) is 10.3 Å². The number of anilines is 1. The van der Waals surface area contributed by atoms with Gasteiger partial charge in [0.2, 0.25) is 0 Å². The van der Waals surface area contributed by atoms with Gasteiger partial charge in [0.15, 0.2) is 0 Å². The Labute approximate surface area is 127 Å². The minimum absolute atomic E-state index is 0.334. The standard InChI is InChI=1S/C13H14N4O2S2/c1-17(21(18,19)13-3-2-8-20-13)7-6-15-12-5-4-11(9-14)16-10-12/h2-5,8,10,15H,6-7H2,1H3. The lowest BCUT2D eigenvalue weighted by molar-refractivity contribution is 0.482. The number of sulfonamides is 1. The number of likely N-dealkylation sites (N-methyl/N-ethyl adjacent to an activating group) is 1. The molecule has 2 aromatic rings. The number of pyridine rings is 1. The first-order valence-corrected chi connectivity index (χ1v) is 8.46. The summed E-state index contributed by atoms with van der Waals surface area (Å²) in [5.41, 5.74) is 1.09. The highest BCUT2D eigenvalue weighted by atomic mass is 32.2. The van der Waals surface area contributed by atoms with Gasteiger partial charge in [-0.15, -0.1) is 11.3 Å². The Bertz CT molecular complexity index is 719. The van der Waals surface area contributed by atoms with Crippen molar-refractivity contribution < 1.29 is 8.42 Å². The lowest BCUT2D eigenvalue weighted by atomic mass is 10.3. The number of hydrogen-bond donors (Lipinski definition) is 1. The first-order valence-electron chi connectivity index (χ1n) is 6.14. The van der Waals surface area contributed by atoms with Gasteiger partial charge in [-0.05, 0) is 23.6 Å². The van der Waals surface area contributed by atoms with E-state index in [1.54, 1.807) is 42.9 Å². The van der Waals surface area contributed by atoms with Gasteiger partial charge < -0.3 is 5.32 Å². The molecule has 0 spiro atoms. The summed E-state index contributed by atoms with van der Waals surface area (Å²) in [6.07, 6.45) is 1.55. The molecule has 0 aliphatic heterocycles. The van der Waals surface area contributed by atoms with Crippen LogP contribution in [0.4, 0.5) is 5.69 Å². The molecule has 0 amide bonds. The second kappa shape index (κ2) is 6.67. The highest BCUT2D eigenvalue weighted by Crippen LogP contribution is 2.19. The van der Waals surface area contributed by atoms with Crippen molar-refractivity contribution in [3.05, 3.63) is 41.5 Å². The zero-order valence-electron chi connectivity index (χ0n) is 11.4. The van der Waals surface area contributed by atoms with Crippen molar-refractivity contribution in [2.75, 3.05) is 25.5 Å². The van der Waals surface area contributed by atoms with Crippen LogP contribution in [-0.2, 0) is 10.0 Å². The summed E-state index contributed by atoms with van der Waals surface area (Å²) in [6, 6.07) is 8.59. The molecule has 8 heteroatoms. The molecule has 0 saturated carbocycles. The predicted octanol–water partition coefficient (Wildman–Crippen LogP) is 1.75. The number of nitriles is 1. The number of hydrogen-bond acceptors (Lipinski definition) is 6. The van der Waals surface area contributed by atoms with Crippen molar-refractivity contribution in [3.8, 4) is 6.07 Å². The fourth-order valence-electron chi connectivity index (χ4n) is 1.61. The van der Waals surface area contributed by atoms with Crippen LogP contribution in [-0.4, -0.2) is 37.8 Å². The van der Waals surface area contributed by atoms with Crippen LogP contribution >= 0.6 is 11.3 Å². The lowest BCUT2D eigenvalue weighted by Crippen LogP contribution is -2.31. The van der Waals surface area contributed by atoms with E-state index in [0.29, 0.717) is 23.0 Å². The molecule has 0 fully saturated rings. The summed E-state index contributed by atoms with van der Waals surface area (Å²) in [5, 5.41) is 13.5. The van der Waals surface area contributed by atoms with E-state index in [-0.39, 0.29) is 0 Å². The Hall–Kier alpha value is -1.95. The number of thiophene rings is 1. The molecule has 2 heterocycles. The van der Waals surface area contributed by atoms with E-state index >= 15 is 0 Å². The number of nitrogens with zero attached hydrogens (tertiary/aromatic N) is 3. The average molecular weight is 322 g/mol. The molecule has 0 radical (unpaired) electrons. The van der Waals surface area contributed by atoms with Crippen molar-refractivity contribution >= 4 is 27.0 Å². The molecule has 0 aliphatic carbocycles. The van der Waals surface area contributed by atoms with Gasteiger partial charge in [0, 0.05) is 20.1 Å². The van der Waals surface area contributed by atoms with Crippen molar-refractivity contribution in [3.63, 3.8) is 0 Å². The van der Waals surface area contributed by atoms with E-state index in [9.17, 15) is 8.42 Å². The molecule has 110 valence electrons. The number of aromatic nitrogens is 1. The van der Waals surface area contributed by atoms with Crippen LogP contribution in [0.1, 0.15) is 5.69 Å². The molecule has 2 rings (SSSR count). The van der Waals surface area contributed by atoms with E-state index < -0.39 is 10.0 Å². The molecule has 6 nitrogen and oxygen atoms in total. The van der Waals surface area contributed by atoms with E-state index in [1.807, 2.05) is 6.07 Å². The third-order valence-electron chi connectivity index (χ3n) is 2.79. The maximum atomic E-state index is 12.2. The van der Waals surface area contributed by atoms with Crippen LogP contribution < -0.4 is 5.32 Å². The quantitative estimate of drug-likeness (QED) is 0.875. The third-order valence-corrected chi connectivity index (χ3v) is 6.02. The smallest absolute Gasteiger partial charge is 0.252 e. The molecular weight excluding hydrogens is 308 g/mol. The van der Waals surface area contributed by atoms with Crippen LogP contribution in [0.3, 0.4) is 0 Å². The molecule has 21 heavy (non-hydrogen) atoms. The predicted molar refractivity (Wildman–Crippen MR) is 81.6 cm³/mol. The number of nitrogens with one attached hydrogen (secondary N) is 1. The topological polar surface area (TPSA) is 86.1 Å². The Kier molecular flexibility index (Phi) is 4.90. The van der Waals surface area contributed by atoms with Crippen LogP contribution in [0.2, 0.25) is 0 Å². The van der Waals surface area contributed by atoms with Crippen LogP contribution in [0, 0.1) is 11.3 Å². The Morgan fingerprint density at radius 3 is 2.81 bits per heavy atom. The summed E-state index contributed by atoms with van der Waals surface area (Å²) in [4.78, 5) is 3.93. The van der Waals surface area contributed by atoms with Gasteiger partial charge in [0.25, 0.3) is 10.0 Å². The van der Waals surface area contributed by atoms with Gasteiger partial charge in [0.05, 0.1) is 11.9 Å². The second-order valence-electron chi connectivity index (χ2n) is 4.23. The SMILES string of the molecule is CN(CCNc1ccc(C#N)nc1)S(=O)(=O)c1cccs1. The minimum atomic E-state index is -3.41. The van der Waals surface area contributed by atoms with Crippen LogP contribution in [0.25, 0.3) is 0 Å². The van der Waals surface area contributed by atoms with Crippen molar-refractivity contribution in [2.45, 2.75) is 4.21 Å². The maximum Gasteiger partial charge on any atom is 0.252 e. The Balaban J connectivity index is 1.89. The zero-order chi connectivity index (χ0) is 15.3. The monoisotopic (exact) mass is 322 g/mol. The first-order chi connectivity index (χ1) is 10.0. The molecule has 0 unspecified atom stereocenters. The summed E-state index contributed by atoms with van der Waals surface area (Å²) in [7, 11) is -1.86. The highest BCUT2D eigenvalue weighted by Gasteiger charge is 2.20. The largest absolute Gasteiger partial charge is 0.382 e. The van der Waals surface area contributed by atoms with E-state index in [1.165, 1.54) is 15.6 Å².